The molecule has 0 radical (unpaired) electrons. The Morgan fingerprint density at radius 2 is 1.62 bits per heavy atom. The molecule has 0 saturated heterocycles. The number of hydrogen-bond donors (Lipinski definition) is 0. The van der Waals surface area contributed by atoms with Crippen LogP contribution < -0.4 is 10.3 Å². The molecule has 0 fully saturated rings. The van der Waals surface area contributed by atoms with Crippen molar-refractivity contribution in [1.29, 1.82) is 0 Å². The molecule has 0 spiro atoms. The van der Waals surface area contributed by atoms with Gasteiger partial charge in [-0.05, 0) is 60.4 Å². The summed E-state index contributed by atoms with van der Waals surface area (Å²) in [5, 5.41) is 0.689. The van der Waals surface area contributed by atoms with Crippen molar-refractivity contribution in [3.8, 4) is 16.9 Å². The van der Waals surface area contributed by atoms with Crippen LogP contribution in [0.5, 0.6) is 5.75 Å². The second-order valence-corrected chi connectivity index (χ2v) is 6.81. The van der Waals surface area contributed by atoms with Gasteiger partial charge >= 0.3 is 0 Å². The molecule has 0 aliphatic heterocycles. The lowest BCUT2D eigenvalue weighted by Gasteiger charge is -2.13. The summed E-state index contributed by atoms with van der Waals surface area (Å²) in [5.41, 5.74) is 3.05. The van der Waals surface area contributed by atoms with Gasteiger partial charge in [-0.25, -0.2) is 0 Å². The fourth-order valence-electron chi connectivity index (χ4n) is 2.65. The maximum Gasteiger partial charge on any atom is 0.250 e. The van der Waals surface area contributed by atoms with Crippen LogP contribution in [0.15, 0.2) is 71.7 Å². The van der Waals surface area contributed by atoms with E-state index in [9.17, 15) is 4.79 Å². The normalized spacial score (nSPS) is 12.0. The number of rotatable bonds is 6. The van der Waals surface area contributed by atoms with E-state index in [1.807, 2.05) is 60.8 Å². The van der Waals surface area contributed by atoms with Crippen molar-refractivity contribution in [2.45, 2.75) is 32.9 Å². The van der Waals surface area contributed by atoms with Crippen molar-refractivity contribution in [1.82, 2.24) is 4.57 Å². The van der Waals surface area contributed by atoms with Crippen LogP contribution in [0, 0.1) is 0 Å². The molecule has 0 saturated carbocycles. The molecule has 1 heterocycles. The van der Waals surface area contributed by atoms with Crippen molar-refractivity contribution in [2.24, 2.45) is 0 Å². The topological polar surface area (TPSA) is 31.2 Å². The average Bonchev–Trinajstić information content (AvgIpc) is 2.66. The molecule has 4 heteroatoms. The molecule has 0 aliphatic carbocycles. The lowest BCUT2D eigenvalue weighted by atomic mass is 10.1. The molecule has 1 unspecified atom stereocenters. The highest BCUT2D eigenvalue weighted by molar-refractivity contribution is 6.30. The molecule has 0 N–H and O–H groups in total. The van der Waals surface area contributed by atoms with Gasteiger partial charge < -0.3 is 9.30 Å². The second-order valence-electron chi connectivity index (χ2n) is 6.37. The van der Waals surface area contributed by atoms with Crippen molar-refractivity contribution in [3.63, 3.8) is 0 Å². The van der Waals surface area contributed by atoms with Gasteiger partial charge in [0.05, 0.1) is 12.6 Å². The predicted octanol–water partition coefficient (Wildman–Crippen LogP) is 5.39. The third-order valence-corrected chi connectivity index (χ3v) is 4.60. The summed E-state index contributed by atoms with van der Waals surface area (Å²) in [5.74, 6) is 0.859. The number of benzene rings is 2. The zero-order valence-corrected chi connectivity index (χ0v) is 15.7. The fourth-order valence-corrected chi connectivity index (χ4v) is 2.78. The number of nitrogens with zero attached hydrogens (tertiary/aromatic N) is 1. The Bertz CT molecular complexity index is 914. The first kappa shape index (κ1) is 18.3. The maximum atomic E-state index is 12.2. The molecule has 134 valence electrons. The van der Waals surface area contributed by atoms with Gasteiger partial charge in [-0.3, -0.25) is 4.79 Å². The molecular formula is C22H22ClNO2. The summed E-state index contributed by atoms with van der Waals surface area (Å²) in [6.45, 7) is 4.67. The van der Waals surface area contributed by atoms with E-state index in [2.05, 4.69) is 13.8 Å². The van der Waals surface area contributed by atoms with Gasteiger partial charge in [0.15, 0.2) is 0 Å². The van der Waals surface area contributed by atoms with Crippen LogP contribution in [0.2, 0.25) is 5.02 Å². The SMILES string of the molecule is CCC(C)Oc1ccc(-c2ccc(=O)n(Cc3ccc(Cl)cc3)c2)cc1. The van der Waals surface area contributed by atoms with Crippen LogP contribution in [-0.2, 0) is 6.54 Å². The maximum absolute atomic E-state index is 12.2. The minimum atomic E-state index is -0.0274. The number of pyridine rings is 1. The van der Waals surface area contributed by atoms with Crippen molar-refractivity contribution in [2.75, 3.05) is 0 Å². The minimum absolute atomic E-state index is 0.0274. The molecule has 0 bridgehead atoms. The highest BCUT2D eigenvalue weighted by atomic mass is 35.5. The van der Waals surface area contributed by atoms with Crippen LogP contribution in [0.25, 0.3) is 11.1 Å². The second kappa shape index (κ2) is 8.24. The van der Waals surface area contributed by atoms with Gasteiger partial charge in [0.25, 0.3) is 5.56 Å². The van der Waals surface area contributed by atoms with Crippen LogP contribution in [-0.4, -0.2) is 10.7 Å². The molecule has 1 aromatic heterocycles. The van der Waals surface area contributed by atoms with E-state index in [-0.39, 0.29) is 11.7 Å². The molecule has 2 aromatic carbocycles. The van der Waals surface area contributed by atoms with E-state index < -0.39 is 0 Å². The van der Waals surface area contributed by atoms with Gasteiger partial charge in [-0.2, -0.15) is 0 Å². The van der Waals surface area contributed by atoms with E-state index in [4.69, 9.17) is 16.3 Å². The highest BCUT2D eigenvalue weighted by Gasteiger charge is 2.05. The Morgan fingerprint density at radius 3 is 2.27 bits per heavy atom. The van der Waals surface area contributed by atoms with Crippen LogP contribution >= 0.6 is 11.6 Å². The predicted molar refractivity (Wildman–Crippen MR) is 107 cm³/mol. The van der Waals surface area contributed by atoms with Gasteiger partial charge in [0, 0.05) is 17.3 Å². The standard InChI is InChI=1S/C22H22ClNO2/c1-3-16(2)26-21-11-6-18(7-12-21)19-8-13-22(25)24(15-19)14-17-4-9-20(23)10-5-17/h4-13,15-16H,3,14H2,1-2H3. The molecule has 26 heavy (non-hydrogen) atoms. The van der Waals surface area contributed by atoms with E-state index >= 15 is 0 Å². The van der Waals surface area contributed by atoms with Crippen LogP contribution in [0.1, 0.15) is 25.8 Å². The van der Waals surface area contributed by atoms with Crippen molar-refractivity contribution < 1.29 is 4.74 Å². The summed E-state index contributed by atoms with van der Waals surface area (Å²) >= 11 is 5.93. The Balaban J connectivity index is 1.82. The first-order valence-electron chi connectivity index (χ1n) is 8.77. The van der Waals surface area contributed by atoms with Gasteiger partial charge in [0.2, 0.25) is 0 Å². The Labute approximate surface area is 158 Å². The van der Waals surface area contributed by atoms with E-state index in [1.165, 1.54) is 0 Å². The van der Waals surface area contributed by atoms with Gasteiger partial charge in [0.1, 0.15) is 5.75 Å². The molecular weight excluding hydrogens is 346 g/mol. The third kappa shape index (κ3) is 4.55. The smallest absolute Gasteiger partial charge is 0.250 e. The third-order valence-electron chi connectivity index (χ3n) is 4.35. The molecule has 3 nitrogen and oxygen atoms in total. The minimum Gasteiger partial charge on any atom is -0.491 e. The van der Waals surface area contributed by atoms with E-state index in [1.54, 1.807) is 10.6 Å². The summed E-state index contributed by atoms with van der Waals surface area (Å²) in [4.78, 5) is 12.2. The zero-order chi connectivity index (χ0) is 18.5. The first-order chi connectivity index (χ1) is 12.5. The van der Waals surface area contributed by atoms with Crippen LogP contribution in [0.3, 0.4) is 0 Å². The van der Waals surface area contributed by atoms with Crippen molar-refractivity contribution in [3.05, 3.63) is 87.8 Å². The molecule has 0 aliphatic rings. The lowest BCUT2D eigenvalue weighted by molar-refractivity contribution is 0.217. The van der Waals surface area contributed by atoms with Gasteiger partial charge in [-0.15, -0.1) is 0 Å². The Morgan fingerprint density at radius 1 is 0.962 bits per heavy atom. The zero-order valence-electron chi connectivity index (χ0n) is 15.0. The number of aromatic nitrogens is 1. The van der Waals surface area contributed by atoms with Crippen LogP contribution in [0.4, 0.5) is 0 Å². The van der Waals surface area contributed by atoms with Crippen molar-refractivity contribution >= 4 is 11.6 Å². The Kier molecular flexibility index (Phi) is 5.79. The monoisotopic (exact) mass is 367 g/mol. The summed E-state index contributed by atoms with van der Waals surface area (Å²) in [6.07, 6.45) is 3.06. The average molecular weight is 368 g/mol. The number of ether oxygens (including phenoxy) is 1. The highest BCUT2D eigenvalue weighted by Crippen LogP contribution is 2.22. The number of hydrogen-bond acceptors (Lipinski definition) is 2. The Hall–Kier alpha value is -2.52. The van der Waals surface area contributed by atoms with E-state index in [0.29, 0.717) is 11.6 Å². The molecule has 0 amide bonds. The quantitative estimate of drug-likeness (QED) is 0.584. The summed E-state index contributed by atoms with van der Waals surface area (Å²) < 4.78 is 7.53. The molecule has 1 atom stereocenters. The number of halogens is 1. The molecule has 3 rings (SSSR count). The van der Waals surface area contributed by atoms with E-state index in [0.717, 1.165) is 28.9 Å². The summed E-state index contributed by atoms with van der Waals surface area (Å²) in [6, 6.07) is 19.0. The largest absolute Gasteiger partial charge is 0.491 e. The molecule has 3 aromatic rings. The fraction of sp³-hybridized carbons (Fsp3) is 0.227. The van der Waals surface area contributed by atoms with Gasteiger partial charge in [-0.1, -0.05) is 42.8 Å². The first-order valence-corrected chi connectivity index (χ1v) is 9.15. The lowest BCUT2D eigenvalue weighted by Crippen LogP contribution is -2.19. The summed E-state index contributed by atoms with van der Waals surface area (Å²) in [7, 11) is 0.